The number of fused-ring (bicyclic) bond motifs is 2. The maximum Gasteiger partial charge on any atom is 0.0573 e. The predicted molar refractivity (Wildman–Crippen MR) is 384 cm³/mol. The van der Waals surface area contributed by atoms with Crippen LogP contribution in [0.3, 0.4) is 0 Å². The Bertz CT molecular complexity index is 2200. The lowest BCUT2D eigenvalue weighted by Crippen LogP contribution is -2.46. The average molecular weight is 1260 g/mol. The Kier molecular flexibility index (Phi) is 46.8. The normalized spacial score (nSPS) is 25.9. The molecular weight excluding hydrogens is 1120 g/mol. The molecule has 0 saturated heterocycles. The average Bonchev–Trinajstić information content (AvgIpc) is 1.68. The van der Waals surface area contributed by atoms with Gasteiger partial charge in [0.2, 0.25) is 0 Å². The molecule has 6 aliphatic rings. The minimum Gasteiger partial charge on any atom is -0.329 e. The summed E-state index contributed by atoms with van der Waals surface area (Å²) in [6.45, 7) is 14.9. The summed E-state index contributed by atoms with van der Waals surface area (Å²) in [5.41, 5.74) is 88.8. The molecule has 5 saturated carbocycles. The van der Waals surface area contributed by atoms with Crippen LogP contribution in [0.15, 0.2) is 122 Å². The van der Waals surface area contributed by atoms with Crippen molar-refractivity contribution in [2.24, 2.45) is 121 Å². The van der Waals surface area contributed by atoms with E-state index in [9.17, 15) is 0 Å². The Hall–Kier alpha value is -4.24. The number of nitrogens with zero attached hydrogens (tertiary/aromatic N) is 3. The van der Waals surface area contributed by atoms with Crippen LogP contribution >= 0.6 is 0 Å². The number of nitrogens with two attached hydrogens (primary N) is 15. The number of pyridine rings is 2. The first-order valence-corrected chi connectivity index (χ1v) is 33.7. The molecule has 0 radical (unpaired) electrons. The van der Waals surface area contributed by atoms with Crippen molar-refractivity contribution >= 4 is 0 Å². The van der Waals surface area contributed by atoms with Crippen molar-refractivity contribution in [1.29, 1.82) is 0 Å². The van der Waals surface area contributed by atoms with Gasteiger partial charge in [-0.3, -0.25) is 9.97 Å². The van der Waals surface area contributed by atoms with Gasteiger partial charge < -0.3 is 102 Å². The van der Waals surface area contributed by atoms with Crippen LogP contribution in [0, 0.1) is 35.0 Å². The van der Waals surface area contributed by atoms with E-state index in [1.807, 2.05) is 108 Å². The molecule has 514 valence electrons. The largest absolute Gasteiger partial charge is 0.329 e. The van der Waals surface area contributed by atoms with Crippen molar-refractivity contribution < 1.29 is 0 Å². The fourth-order valence-electron chi connectivity index (χ4n) is 12.3. The lowest BCUT2D eigenvalue weighted by molar-refractivity contribution is 0.235. The number of benzene rings is 2. The summed E-state index contributed by atoms with van der Waals surface area (Å²) in [6, 6.07) is 34.9. The highest BCUT2D eigenvalue weighted by atomic mass is 15.1. The maximum absolute atomic E-state index is 6.09. The van der Waals surface area contributed by atoms with Gasteiger partial charge in [-0.2, -0.15) is 0 Å². The molecule has 2 bridgehead atoms. The van der Waals surface area contributed by atoms with E-state index < -0.39 is 0 Å². The molecule has 20 heteroatoms. The van der Waals surface area contributed by atoms with E-state index in [-0.39, 0.29) is 36.3 Å². The molecule has 90 heavy (non-hydrogen) atoms. The fraction of sp³-hybridized carbons (Fsp3) is 0.657. The Morgan fingerprint density at radius 1 is 0.556 bits per heavy atom. The van der Waals surface area contributed by atoms with Crippen molar-refractivity contribution in [3.63, 3.8) is 0 Å². The summed E-state index contributed by atoms with van der Waals surface area (Å²) >= 11 is 0. The zero-order valence-electron chi connectivity index (χ0n) is 57.0. The van der Waals surface area contributed by atoms with Gasteiger partial charge in [0.25, 0.3) is 0 Å². The first kappa shape index (κ1) is 83.8. The molecule has 0 amide bonds. The first-order chi connectivity index (χ1) is 43.1. The predicted octanol–water partition coefficient (Wildman–Crippen LogP) is 4.48. The van der Waals surface area contributed by atoms with Gasteiger partial charge in [-0.05, 0) is 164 Å². The molecule has 20 nitrogen and oxygen atoms in total. The Labute approximate surface area is 546 Å². The van der Waals surface area contributed by atoms with Gasteiger partial charge in [-0.25, -0.2) is 0 Å². The lowest BCUT2D eigenvalue weighted by atomic mass is 9.78. The summed E-state index contributed by atoms with van der Waals surface area (Å²) < 4.78 is 0. The highest BCUT2D eigenvalue weighted by molar-refractivity contribution is 5.19. The quantitative estimate of drug-likeness (QED) is 0.0543. The standard InChI is InChI=1S/C10H20N2.C10H16N2.C9H18N2.2C9H14N2.C7H12N2.C6H8N2.C5H14N2.C3H10N2.C2H8N2/c11-9-5-1-3-7(9)8-4-2-6-10(8)12;1-12(2)8-10(11)9-6-4-3-5-7-9;10-7-3-1-5-9(7)6-2-4-8(9)11;1-7(2)9(10)8-5-3-4-6-11-8;10-6-7-11-8-9-4-2-1-3-5-9;8-6-4-1-2-5(3-4)7(6)9;7-5-6-3-1-2-4-8-6;1-4(6)3-5(2)7;1-5-3-2-4;3-1-2-4/h7-10H,1-6,11-12H2;3-7,10H,8,11H2,1-2H3;7-8H,1-6,10-11H2;3-7,9H,10H2,1-2H3;1-5,11H,6-8,10H2;1-2,4-7H,3,8-9H2;1-4H,5,7H2;4-5H,3,6-7H2,1-2H3;5H,2-4H2,1H3;1-4H2. The van der Waals surface area contributed by atoms with E-state index in [2.05, 4.69) is 75.8 Å². The van der Waals surface area contributed by atoms with Gasteiger partial charge in [0.05, 0.1) is 11.4 Å². The van der Waals surface area contributed by atoms with E-state index in [1.54, 1.807) is 12.4 Å². The number of hydrogen-bond donors (Lipinski definition) is 17. The summed E-state index contributed by atoms with van der Waals surface area (Å²) in [4.78, 5) is 10.2. The van der Waals surface area contributed by atoms with E-state index in [0.29, 0.717) is 73.5 Å². The molecule has 14 unspecified atom stereocenters. The van der Waals surface area contributed by atoms with Crippen LogP contribution in [0.4, 0.5) is 0 Å². The number of nitrogens with one attached hydrogen (secondary N) is 2. The Morgan fingerprint density at radius 2 is 1.03 bits per heavy atom. The van der Waals surface area contributed by atoms with Crippen molar-refractivity contribution in [3.8, 4) is 0 Å². The van der Waals surface area contributed by atoms with Gasteiger partial charge in [0.15, 0.2) is 0 Å². The number of likely N-dealkylation sites (N-methyl/N-ethyl adjacent to an activating group) is 2. The SMILES string of the molecule is CC(C)C(N)c1ccccn1.CC(N)CC(C)N.CN(C)CC(N)c1ccccc1.CNCCN.NC1C2C=CC(C2)C1N.NC1CCCC12CCCC2N.NC1CCCC1C1CCCC1N.NCCN.NCCNCc1ccccc1.NCc1ccccn1. The van der Waals surface area contributed by atoms with Crippen LogP contribution in [-0.2, 0) is 13.1 Å². The molecule has 0 aliphatic heterocycles. The van der Waals surface area contributed by atoms with Crippen LogP contribution in [0.1, 0.15) is 152 Å². The Balaban J connectivity index is 0.000000507. The van der Waals surface area contributed by atoms with Gasteiger partial charge in [0.1, 0.15) is 0 Å². The molecular formula is C70H134N20. The van der Waals surface area contributed by atoms with E-state index >= 15 is 0 Å². The third kappa shape index (κ3) is 34.6. The monoisotopic (exact) mass is 1260 g/mol. The molecule has 2 aromatic carbocycles. The van der Waals surface area contributed by atoms with Crippen molar-refractivity contribution in [2.45, 2.75) is 191 Å². The molecule has 10 rings (SSSR count). The summed E-state index contributed by atoms with van der Waals surface area (Å²) in [6.07, 6.45) is 25.4. The van der Waals surface area contributed by atoms with Crippen LogP contribution < -0.4 is 96.6 Å². The Morgan fingerprint density at radius 3 is 1.33 bits per heavy atom. The smallest absolute Gasteiger partial charge is 0.0573 e. The minimum absolute atomic E-state index is 0.0659. The number of aromatic nitrogens is 2. The van der Waals surface area contributed by atoms with Gasteiger partial charge >= 0.3 is 0 Å². The van der Waals surface area contributed by atoms with Crippen LogP contribution in [0.25, 0.3) is 0 Å². The highest BCUT2D eigenvalue weighted by Crippen LogP contribution is 2.49. The zero-order valence-corrected chi connectivity index (χ0v) is 57.0. The third-order valence-electron chi connectivity index (χ3n) is 17.4. The molecule has 1 spiro atoms. The first-order valence-electron chi connectivity index (χ1n) is 33.7. The zero-order chi connectivity index (χ0) is 67.3. The van der Waals surface area contributed by atoms with Gasteiger partial charge in [0, 0.05) is 137 Å². The molecule has 32 N–H and O–H groups in total. The molecule has 6 aliphatic carbocycles. The summed E-state index contributed by atoms with van der Waals surface area (Å²) in [5.74, 6) is 3.13. The maximum atomic E-state index is 6.09. The summed E-state index contributed by atoms with van der Waals surface area (Å²) in [7, 11) is 5.94. The second-order valence-corrected chi connectivity index (χ2v) is 25.8. The molecule has 5 fully saturated rings. The number of hydrogen-bond acceptors (Lipinski definition) is 20. The highest BCUT2D eigenvalue weighted by Gasteiger charge is 2.48. The van der Waals surface area contributed by atoms with E-state index in [0.717, 1.165) is 62.4 Å². The molecule has 2 heterocycles. The van der Waals surface area contributed by atoms with Gasteiger partial charge in [-0.15, -0.1) is 0 Å². The van der Waals surface area contributed by atoms with Crippen LogP contribution in [0.2, 0.25) is 0 Å². The molecule has 4 aromatic rings. The van der Waals surface area contributed by atoms with Crippen molar-refractivity contribution in [1.82, 2.24) is 25.5 Å². The minimum atomic E-state index is 0.0659. The fourth-order valence-corrected chi connectivity index (χ4v) is 12.3. The van der Waals surface area contributed by atoms with Crippen LogP contribution in [0.5, 0.6) is 0 Å². The van der Waals surface area contributed by atoms with E-state index in [1.165, 1.54) is 94.6 Å². The molecule has 2 aromatic heterocycles. The van der Waals surface area contributed by atoms with Crippen molar-refractivity contribution in [3.05, 3.63) is 144 Å². The number of rotatable bonds is 16. The summed E-state index contributed by atoms with van der Waals surface area (Å²) in [5, 5.41) is 6.12. The van der Waals surface area contributed by atoms with Crippen molar-refractivity contribution in [2.75, 3.05) is 67.0 Å². The molecule has 14 atom stereocenters. The lowest BCUT2D eigenvalue weighted by Gasteiger charge is -2.33. The van der Waals surface area contributed by atoms with E-state index in [4.69, 9.17) is 86.0 Å². The third-order valence-corrected chi connectivity index (χ3v) is 17.4. The topological polar surface area (TPSA) is 443 Å². The van der Waals surface area contributed by atoms with Gasteiger partial charge in [-0.1, -0.05) is 124 Å². The van der Waals surface area contributed by atoms with Crippen LogP contribution in [-0.4, -0.2) is 130 Å². The second-order valence-electron chi connectivity index (χ2n) is 25.8. The second kappa shape index (κ2) is 50.3.